The van der Waals surface area contributed by atoms with E-state index >= 15 is 0 Å². The Morgan fingerprint density at radius 1 is 0.900 bits per heavy atom. The standard InChI is InChI=1S/C23H23N5OS/c29-22(24-20-9-4-10-21-23(20)26-30-25-21)16-28-13-11-27(12-14-28)15-18-7-3-6-17-5-1-2-8-19(17)18/h1-10H,11-16H2,(H,24,29). The molecule has 1 saturated heterocycles. The second kappa shape index (κ2) is 8.47. The number of carbonyl (C=O) groups is 1. The molecule has 0 radical (unpaired) electrons. The highest BCUT2D eigenvalue weighted by atomic mass is 32.1. The summed E-state index contributed by atoms with van der Waals surface area (Å²) in [5, 5.41) is 5.61. The number of hydrogen-bond donors (Lipinski definition) is 1. The van der Waals surface area contributed by atoms with Crippen LogP contribution < -0.4 is 5.32 Å². The lowest BCUT2D eigenvalue weighted by Gasteiger charge is -2.34. The van der Waals surface area contributed by atoms with Crippen LogP contribution in [0.5, 0.6) is 0 Å². The van der Waals surface area contributed by atoms with Crippen LogP contribution in [0.1, 0.15) is 5.56 Å². The van der Waals surface area contributed by atoms with Crippen LogP contribution in [0.3, 0.4) is 0 Å². The largest absolute Gasteiger partial charge is 0.323 e. The molecule has 1 aromatic heterocycles. The van der Waals surface area contributed by atoms with Gasteiger partial charge in [-0.1, -0.05) is 48.5 Å². The van der Waals surface area contributed by atoms with Gasteiger partial charge in [-0.15, -0.1) is 0 Å². The van der Waals surface area contributed by atoms with Crippen molar-refractivity contribution >= 4 is 45.1 Å². The van der Waals surface area contributed by atoms with E-state index < -0.39 is 0 Å². The van der Waals surface area contributed by atoms with Gasteiger partial charge in [0.25, 0.3) is 0 Å². The third kappa shape index (κ3) is 4.05. The monoisotopic (exact) mass is 417 g/mol. The second-order valence-electron chi connectivity index (χ2n) is 7.68. The van der Waals surface area contributed by atoms with Gasteiger partial charge in [0.2, 0.25) is 5.91 Å². The summed E-state index contributed by atoms with van der Waals surface area (Å²) in [7, 11) is 0. The summed E-state index contributed by atoms with van der Waals surface area (Å²) in [5.41, 5.74) is 3.68. The first-order valence-corrected chi connectivity index (χ1v) is 10.9. The van der Waals surface area contributed by atoms with Gasteiger partial charge in [-0.2, -0.15) is 8.75 Å². The Bertz CT molecular complexity index is 1180. The molecule has 1 aliphatic rings. The van der Waals surface area contributed by atoms with E-state index in [2.05, 4.69) is 66.3 Å². The van der Waals surface area contributed by atoms with Crippen LogP contribution in [0.15, 0.2) is 60.7 Å². The van der Waals surface area contributed by atoms with Crippen molar-refractivity contribution in [3.63, 3.8) is 0 Å². The fourth-order valence-electron chi connectivity index (χ4n) is 4.08. The molecule has 5 rings (SSSR count). The third-order valence-corrected chi connectivity index (χ3v) is 6.21. The van der Waals surface area contributed by atoms with Crippen molar-refractivity contribution in [2.24, 2.45) is 0 Å². The zero-order chi connectivity index (χ0) is 20.3. The number of anilines is 1. The zero-order valence-electron chi connectivity index (χ0n) is 16.6. The van der Waals surface area contributed by atoms with Crippen LogP contribution in [0.4, 0.5) is 5.69 Å². The van der Waals surface area contributed by atoms with Gasteiger partial charge in [-0.3, -0.25) is 14.6 Å². The molecule has 3 aromatic carbocycles. The third-order valence-electron chi connectivity index (χ3n) is 5.67. The molecule has 1 N–H and O–H groups in total. The fourth-order valence-corrected chi connectivity index (χ4v) is 4.63. The van der Waals surface area contributed by atoms with Gasteiger partial charge >= 0.3 is 0 Å². The Morgan fingerprint density at radius 3 is 2.57 bits per heavy atom. The molecule has 6 nitrogen and oxygen atoms in total. The molecule has 0 unspecified atom stereocenters. The Kier molecular flexibility index (Phi) is 5.40. The normalized spacial score (nSPS) is 15.6. The van der Waals surface area contributed by atoms with Crippen molar-refractivity contribution in [1.29, 1.82) is 0 Å². The lowest BCUT2D eigenvalue weighted by molar-refractivity contribution is -0.117. The van der Waals surface area contributed by atoms with Gasteiger partial charge in [0.1, 0.15) is 11.0 Å². The minimum Gasteiger partial charge on any atom is -0.323 e. The minimum absolute atomic E-state index is 0.00185. The number of aromatic nitrogens is 2. The summed E-state index contributed by atoms with van der Waals surface area (Å²) in [6, 6.07) is 20.7. The number of piperazine rings is 1. The lowest BCUT2D eigenvalue weighted by atomic mass is 10.0. The van der Waals surface area contributed by atoms with Gasteiger partial charge in [0.15, 0.2) is 0 Å². The molecule has 1 fully saturated rings. The summed E-state index contributed by atoms with van der Waals surface area (Å²) < 4.78 is 8.51. The van der Waals surface area contributed by atoms with Crippen LogP contribution in [-0.2, 0) is 11.3 Å². The predicted octanol–water partition coefficient (Wildman–Crippen LogP) is 3.60. The van der Waals surface area contributed by atoms with Gasteiger partial charge < -0.3 is 5.32 Å². The van der Waals surface area contributed by atoms with E-state index in [0.29, 0.717) is 6.54 Å². The number of benzene rings is 3. The van der Waals surface area contributed by atoms with Crippen molar-refractivity contribution in [3.8, 4) is 0 Å². The zero-order valence-corrected chi connectivity index (χ0v) is 17.4. The Balaban J connectivity index is 1.16. The van der Waals surface area contributed by atoms with Gasteiger partial charge in [0.05, 0.1) is 24.0 Å². The van der Waals surface area contributed by atoms with E-state index in [0.717, 1.165) is 61.2 Å². The van der Waals surface area contributed by atoms with Crippen molar-refractivity contribution < 1.29 is 4.79 Å². The maximum Gasteiger partial charge on any atom is 0.238 e. The van der Waals surface area contributed by atoms with E-state index in [4.69, 9.17) is 0 Å². The molecule has 4 aromatic rings. The number of rotatable bonds is 5. The molecule has 0 saturated carbocycles. The van der Waals surface area contributed by atoms with Crippen molar-refractivity contribution in [3.05, 3.63) is 66.2 Å². The Labute approximate surface area is 179 Å². The van der Waals surface area contributed by atoms with Crippen LogP contribution in [-0.4, -0.2) is 57.2 Å². The minimum atomic E-state index is -0.00185. The SMILES string of the molecule is O=C(CN1CCN(Cc2cccc3ccccc23)CC1)Nc1cccc2nsnc12. The lowest BCUT2D eigenvalue weighted by Crippen LogP contribution is -2.48. The van der Waals surface area contributed by atoms with E-state index in [1.54, 1.807) is 0 Å². The molecule has 30 heavy (non-hydrogen) atoms. The number of carbonyl (C=O) groups excluding carboxylic acids is 1. The quantitative estimate of drug-likeness (QED) is 0.538. The van der Waals surface area contributed by atoms with Gasteiger partial charge in [0, 0.05) is 32.7 Å². The van der Waals surface area contributed by atoms with Crippen molar-refractivity contribution in [2.45, 2.75) is 6.54 Å². The van der Waals surface area contributed by atoms with Crippen LogP contribution >= 0.6 is 11.7 Å². The van der Waals surface area contributed by atoms with E-state index in [1.165, 1.54) is 16.3 Å². The molecule has 152 valence electrons. The summed E-state index contributed by atoms with van der Waals surface area (Å²) in [5.74, 6) is -0.00185. The molecule has 1 aliphatic heterocycles. The van der Waals surface area contributed by atoms with E-state index in [9.17, 15) is 4.79 Å². The topological polar surface area (TPSA) is 61.4 Å². The number of amides is 1. The molecule has 0 atom stereocenters. The molecule has 0 aliphatic carbocycles. The molecular formula is C23H23N5OS. The van der Waals surface area contributed by atoms with E-state index in [1.807, 2.05) is 18.2 Å². The maximum absolute atomic E-state index is 12.6. The Hall–Kier alpha value is -2.87. The summed E-state index contributed by atoms with van der Waals surface area (Å²) >= 11 is 1.16. The molecule has 0 spiro atoms. The highest BCUT2D eigenvalue weighted by Crippen LogP contribution is 2.22. The molecule has 0 bridgehead atoms. The highest BCUT2D eigenvalue weighted by Gasteiger charge is 2.20. The summed E-state index contributed by atoms with van der Waals surface area (Å²) in [4.78, 5) is 17.2. The molecule has 7 heteroatoms. The fraction of sp³-hybridized carbons (Fsp3) is 0.261. The number of fused-ring (bicyclic) bond motifs is 2. The first-order valence-electron chi connectivity index (χ1n) is 10.2. The van der Waals surface area contributed by atoms with Crippen LogP contribution in [0.25, 0.3) is 21.8 Å². The van der Waals surface area contributed by atoms with Crippen molar-refractivity contribution in [1.82, 2.24) is 18.5 Å². The van der Waals surface area contributed by atoms with Gasteiger partial charge in [-0.05, 0) is 28.5 Å². The average Bonchev–Trinajstić information content (AvgIpc) is 3.25. The maximum atomic E-state index is 12.6. The van der Waals surface area contributed by atoms with Crippen LogP contribution in [0, 0.1) is 0 Å². The summed E-state index contributed by atoms with van der Waals surface area (Å²) in [6.45, 7) is 5.04. The molecule has 2 heterocycles. The Morgan fingerprint density at radius 2 is 1.67 bits per heavy atom. The van der Waals surface area contributed by atoms with Crippen molar-refractivity contribution in [2.75, 3.05) is 38.0 Å². The average molecular weight is 418 g/mol. The second-order valence-corrected chi connectivity index (χ2v) is 8.20. The first-order chi connectivity index (χ1) is 14.8. The summed E-state index contributed by atoms with van der Waals surface area (Å²) in [6.07, 6.45) is 0. The number of nitrogens with zero attached hydrogens (tertiary/aromatic N) is 4. The number of hydrogen-bond acceptors (Lipinski definition) is 6. The van der Waals surface area contributed by atoms with Crippen LogP contribution in [0.2, 0.25) is 0 Å². The molecular weight excluding hydrogens is 394 g/mol. The predicted molar refractivity (Wildman–Crippen MR) is 122 cm³/mol. The smallest absolute Gasteiger partial charge is 0.238 e. The first kappa shape index (κ1) is 19.1. The highest BCUT2D eigenvalue weighted by molar-refractivity contribution is 7.00. The number of nitrogens with one attached hydrogen (secondary N) is 1. The molecule has 1 amide bonds. The van der Waals surface area contributed by atoms with E-state index in [-0.39, 0.29) is 5.91 Å². The van der Waals surface area contributed by atoms with Gasteiger partial charge in [-0.25, -0.2) is 0 Å².